The molecule has 4 heteroatoms. The molecule has 0 aliphatic heterocycles. The van der Waals surface area contributed by atoms with E-state index in [0.29, 0.717) is 11.0 Å². The highest BCUT2D eigenvalue weighted by atomic mass is 16.3. The van der Waals surface area contributed by atoms with E-state index in [1.807, 2.05) is 91.0 Å². The Hall–Kier alpha value is -6.26. The largest absolute Gasteiger partial charge is 0.503 e. The van der Waals surface area contributed by atoms with Crippen LogP contribution >= 0.6 is 0 Å². The molecule has 0 amide bonds. The summed E-state index contributed by atoms with van der Waals surface area (Å²) in [7, 11) is 0. The molecule has 0 unspecified atom stereocenters. The van der Waals surface area contributed by atoms with Crippen LogP contribution in [0.15, 0.2) is 158 Å². The van der Waals surface area contributed by atoms with Gasteiger partial charge in [0.25, 0.3) is 0 Å². The van der Waals surface area contributed by atoms with Crippen LogP contribution < -0.4 is 0 Å². The molecule has 0 radical (unpaired) electrons. The van der Waals surface area contributed by atoms with E-state index >= 15 is 0 Å². The third-order valence-corrected chi connectivity index (χ3v) is 9.08. The molecule has 0 bridgehead atoms. The van der Waals surface area contributed by atoms with E-state index in [-0.39, 0.29) is 11.5 Å². The molecule has 9 rings (SSSR count). The van der Waals surface area contributed by atoms with Gasteiger partial charge in [0.15, 0.2) is 11.5 Å². The zero-order chi connectivity index (χ0) is 30.8. The number of hydrogen-bond acceptors (Lipinski definition) is 2. The third kappa shape index (κ3) is 3.80. The van der Waals surface area contributed by atoms with Gasteiger partial charge in [-0.1, -0.05) is 115 Å². The van der Waals surface area contributed by atoms with Gasteiger partial charge in [0.1, 0.15) is 11.0 Å². The minimum Gasteiger partial charge on any atom is -0.503 e. The molecule has 0 aliphatic carbocycles. The van der Waals surface area contributed by atoms with Crippen LogP contribution in [0.5, 0.6) is 11.5 Å². The Morgan fingerprint density at radius 2 is 0.739 bits per heavy atom. The molecule has 0 atom stereocenters. The zero-order valence-corrected chi connectivity index (χ0v) is 24.8. The number of para-hydroxylation sites is 3. The molecule has 9 aromatic rings. The fourth-order valence-corrected chi connectivity index (χ4v) is 7.11. The fourth-order valence-electron chi connectivity index (χ4n) is 7.11. The minimum absolute atomic E-state index is 0.144. The number of aromatic nitrogens is 2. The number of fused-ring (bicyclic) bond motifs is 7. The lowest BCUT2D eigenvalue weighted by Gasteiger charge is -2.15. The van der Waals surface area contributed by atoms with Gasteiger partial charge < -0.3 is 19.3 Å². The molecule has 2 heterocycles. The number of phenols is 2. The van der Waals surface area contributed by atoms with Crippen molar-refractivity contribution in [2.45, 2.75) is 0 Å². The normalized spacial score (nSPS) is 11.7. The monoisotopic (exact) mass is 592 g/mol. The van der Waals surface area contributed by atoms with Gasteiger partial charge in [-0.2, -0.15) is 0 Å². The first-order chi connectivity index (χ1) is 22.7. The lowest BCUT2D eigenvalue weighted by atomic mass is 9.98. The Morgan fingerprint density at radius 3 is 1.22 bits per heavy atom. The molecule has 46 heavy (non-hydrogen) atoms. The number of aromatic hydroxyl groups is 2. The standard InChI is InChI=1S/C42H28N2O2/c45-41-39-37(33-20-10-12-22-35(33)43(39)31-18-8-3-9-19-31)38-34-21-11-13-23-36(34)44(40(38)42(41)46)32-25-29(27-14-4-1-5-15-27)24-30(26-32)28-16-6-2-7-17-28/h1-26,45-46H. The van der Waals surface area contributed by atoms with E-state index in [2.05, 4.69) is 75.9 Å². The van der Waals surface area contributed by atoms with E-state index in [0.717, 1.165) is 66.2 Å². The molecule has 2 aromatic heterocycles. The molecule has 0 fully saturated rings. The van der Waals surface area contributed by atoms with E-state index in [1.165, 1.54) is 0 Å². The van der Waals surface area contributed by atoms with E-state index in [4.69, 9.17) is 0 Å². The first-order valence-electron chi connectivity index (χ1n) is 15.4. The summed E-state index contributed by atoms with van der Waals surface area (Å²) in [5.41, 5.74) is 9.20. The maximum Gasteiger partial charge on any atom is 0.185 e. The van der Waals surface area contributed by atoms with Crippen LogP contribution in [0.3, 0.4) is 0 Å². The Bertz CT molecular complexity index is 2520. The molecule has 218 valence electrons. The third-order valence-electron chi connectivity index (χ3n) is 9.08. The van der Waals surface area contributed by atoms with Crippen LogP contribution in [0.4, 0.5) is 0 Å². The van der Waals surface area contributed by atoms with Crippen molar-refractivity contribution in [1.29, 1.82) is 0 Å². The van der Waals surface area contributed by atoms with Crippen molar-refractivity contribution in [2.24, 2.45) is 0 Å². The second-order valence-electron chi connectivity index (χ2n) is 11.7. The zero-order valence-electron chi connectivity index (χ0n) is 24.8. The molecule has 0 saturated carbocycles. The minimum atomic E-state index is -0.148. The van der Waals surface area contributed by atoms with Crippen LogP contribution in [-0.4, -0.2) is 19.3 Å². The predicted molar refractivity (Wildman–Crippen MR) is 189 cm³/mol. The van der Waals surface area contributed by atoms with Crippen LogP contribution in [0, 0.1) is 0 Å². The van der Waals surface area contributed by atoms with E-state index < -0.39 is 0 Å². The highest BCUT2D eigenvalue weighted by molar-refractivity contribution is 6.31. The van der Waals surface area contributed by atoms with Crippen LogP contribution in [0.25, 0.3) is 77.2 Å². The molecule has 0 aliphatic rings. The number of phenolic OH excluding ortho intramolecular Hbond substituents is 2. The number of nitrogens with zero attached hydrogens (tertiary/aromatic N) is 2. The smallest absolute Gasteiger partial charge is 0.185 e. The first-order valence-corrected chi connectivity index (χ1v) is 15.4. The predicted octanol–water partition coefficient (Wildman–Crippen LogP) is 10.6. The summed E-state index contributed by atoms with van der Waals surface area (Å²) in [5.74, 6) is -0.292. The van der Waals surface area contributed by atoms with E-state index in [1.54, 1.807) is 0 Å². The quantitative estimate of drug-likeness (QED) is 0.200. The van der Waals surface area contributed by atoms with Gasteiger partial charge in [-0.25, -0.2) is 0 Å². The van der Waals surface area contributed by atoms with Crippen molar-refractivity contribution in [3.63, 3.8) is 0 Å². The van der Waals surface area contributed by atoms with Crippen molar-refractivity contribution >= 4 is 43.6 Å². The molecular formula is C42H28N2O2. The second-order valence-corrected chi connectivity index (χ2v) is 11.7. The molecule has 2 N–H and O–H groups in total. The molecule has 7 aromatic carbocycles. The highest BCUT2D eigenvalue weighted by Crippen LogP contribution is 2.51. The van der Waals surface area contributed by atoms with Crippen molar-refractivity contribution in [1.82, 2.24) is 9.13 Å². The summed E-state index contributed by atoms with van der Waals surface area (Å²) in [5, 5.41) is 27.9. The van der Waals surface area contributed by atoms with Gasteiger partial charge in [-0.05, 0) is 64.7 Å². The molecular weight excluding hydrogens is 564 g/mol. The van der Waals surface area contributed by atoms with Crippen molar-refractivity contribution in [2.75, 3.05) is 0 Å². The van der Waals surface area contributed by atoms with Crippen LogP contribution in [0.2, 0.25) is 0 Å². The Balaban J connectivity index is 1.46. The average molecular weight is 593 g/mol. The molecule has 0 spiro atoms. The summed E-state index contributed by atoms with van der Waals surface area (Å²) >= 11 is 0. The van der Waals surface area contributed by atoms with Crippen molar-refractivity contribution in [3.05, 3.63) is 158 Å². The summed E-state index contributed by atoms with van der Waals surface area (Å²) in [6, 6.07) is 53.7. The van der Waals surface area contributed by atoms with Crippen LogP contribution in [-0.2, 0) is 0 Å². The fraction of sp³-hybridized carbons (Fsp3) is 0. The van der Waals surface area contributed by atoms with Crippen molar-refractivity contribution in [3.8, 4) is 45.1 Å². The lowest BCUT2D eigenvalue weighted by Crippen LogP contribution is -1.97. The molecule has 0 saturated heterocycles. The maximum atomic E-state index is 12.1. The second kappa shape index (κ2) is 10.1. The topological polar surface area (TPSA) is 50.3 Å². The van der Waals surface area contributed by atoms with Crippen LogP contribution in [0.1, 0.15) is 0 Å². The highest BCUT2D eigenvalue weighted by Gasteiger charge is 2.27. The maximum absolute atomic E-state index is 12.1. The average Bonchev–Trinajstić information content (AvgIpc) is 3.65. The van der Waals surface area contributed by atoms with Gasteiger partial charge in [-0.15, -0.1) is 0 Å². The SMILES string of the molecule is Oc1c(O)c2c(c3ccccc3n2-c2cc(-c3ccccc3)cc(-c3ccccc3)c2)c2c3ccccc3n(-c3ccccc3)c12. The van der Waals surface area contributed by atoms with Gasteiger partial charge in [0, 0.05) is 32.9 Å². The Kier molecular flexibility index (Phi) is 5.77. The lowest BCUT2D eigenvalue weighted by molar-refractivity contribution is 0.410. The Labute approximate surface area is 265 Å². The van der Waals surface area contributed by atoms with E-state index in [9.17, 15) is 10.2 Å². The summed E-state index contributed by atoms with van der Waals surface area (Å²) in [4.78, 5) is 0. The number of rotatable bonds is 4. The summed E-state index contributed by atoms with van der Waals surface area (Å²) < 4.78 is 4.15. The number of hydrogen-bond donors (Lipinski definition) is 2. The Morgan fingerprint density at radius 1 is 0.348 bits per heavy atom. The van der Waals surface area contributed by atoms with Gasteiger partial charge >= 0.3 is 0 Å². The van der Waals surface area contributed by atoms with Crippen molar-refractivity contribution < 1.29 is 10.2 Å². The number of benzene rings is 7. The summed E-state index contributed by atoms with van der Waals surface area (Å²) in [6.45, 7) is 0. The van der Waals surface area contributed by atoms with Gasteiger partial charge in [0.2, 0.25) is 0 Å². The summed E-state index contributed by atoms with van der Waals surface area (Å²) in [6.07, 6.45) is 0. The first kappa shape index (κ1) is 26.2. The van der Waals surface area contributed by atoms with Gasteiger partial charge in [0.05, 0.1) is 11.0 Å². The van der Waals surface area contributed by atoms with Gasteiger partial charge in [-0.3, -0.25) is 0 Å². The molecule has 4 nitrogen and oxygen atoms in total.